The lowest BCUT2D eigenvalue weighted by atomic mass is 9.94. The minimum Gasteiger partial charge on any atom is -0.466 e. The molecule has 3 aliphatic heterocycles. The van der Waals surface area contributed by atoms with E-state index in [0.717, 1.165) is 12.3 Å². The number of hydrogen-bond acceptors (Lipinski definition) is 9. The van der Waals surface area contributed by atoms with Crippen LogP contribution >= 0.6 is 11.6 Å². The molecule has 3 atom stereocenters. The highest BCUT2D eigenvalue weighted by atomic mass is 35.5. The van der Waals surface area contributed by atoms with Crippen LogP contribution in [0, 0.1) is 17.5 Å². The first-order chi connectivity index (χ1) is 20.3. The maximum Gasteiger partial charge on any atom is 0.410 e. The first-order valence-electron chi connectivity index (χ1n) is 13.6. The molecule has 5 rings (SSSR count). The SMILES string of the molecule is COC(=O)C1=C(CN2CCOC3CN(C(=O)OC(C)(C)C)CC32)NC(c2ncc(F)cc2F)=N[C@H]1c1ccc(F)cc1Cl. The quantitative estimate of drug-likeness (QED) is 0.500. The van der Waals surface area contributed by atoms with Crippen molar-refractivity contribution in [3.05, 3.63) is 75.5 Å². The molecule has 0 aliphatic carbocycles. The molecule has 1 aromatic heterocycles. The van der Waals surface area contributed by atoms with Crippen LogP contribution in [0.2, 0.25) is 5.02 Å². The number of benzene rings is 1. The number of hydrogen-bond donors (Lipinski definition) is 1. The molecule has 1 N–H and O–H groups in total. The molecule has 1 aromatic carbocycles. The number of methoxy groups -OCH3 is 1. The average Bonchev–Trinajstić information content (AvgIpc) is 3.37. The molecular weight excluding hydrogens is 591 g/mol. The fourth-order valence-corrected chi connectivity index (χ4v) is 5.63. The molecule has 0 radical (unpaired) electrons. The van der Waals surface area contributed by atoms with Gasteiger partial charge in [-0.3, -0.25) is 9.89 Å². The molecule has 14 heteroatoms. The van der Waals surface area contributed by atoms with Gasteiger partial charge < -0.3 is 24.4 Å². The molecule has 230 valence electrons. The zero-order valence-electron chi connectivity index (χ0n) is 24.0. The number of nitrogens with one attached hydrogen (secondary N) is 1. The van der Waals surface area contributed by atoms with Gasteiger partial charge in [0.25, 0.3) is 0 Å². The maximum atomic E-state index is 14.9. The number of amidine groups is 1. The fourth-order valence-electron chi connectivity index (χ4n) is 5.36. The second-order valence-corrected chi connectivity index (χ2v) is 11.8. The third-order valence-corrected chi connectivity index (χ3v) is 7.58. The van der Waals surface area contributed by atoms with Gasteiger partial charge in [-0.1, -0.05) is 17.7 Å². The molecular formula is C29H31ClF3N5O5. The van der Waals surface area contributed by atoms with E-state index < -0.39 is 41.2 Å². The monoisotopic (exact) mass is 621 g/mol. The highest BCUT2D eigenvalue weighted by Crippen LogP contribution is 2.37. The van der Waals surface area contributed by atoms with Crippen molar-refractivity contribution >= 4 is 29.5 Å². The second kappa shape index (κ2) is 12.1. The Morgan fingerprint density at radius 3 is 2.60 bits per heavy atom. The maximum absolute atomic E-state index is 14.9. The van der Waals surface area contributed by atoms with E-state index in [1.54, 1.807) is 25.7 Å². The molecule has 2 aromatic rings. The molecule has 0 saturated carbocycles. The molecule has 3 aliphatic rings. The van der Waals surface area contributed by atoms with E-state index in [1.165, 1.54) is 19.2 Å². The van der Waals surface area contributed by atoms with Gasteiger partial charge in [0, 0.05) is 42.0 Å². The largest absolute Gasteiger partial charge is 0.466 e. The standard InChI is InChI=1S/C29H31ClF3N5O5/c1-29(2,3)43-28(40)38-13-21-22(14-38)42-8-7-37(21)12-20-23(27(39)41-4)24(17-6-5-15(31)9-18(17)30)36-26(35-20)25-19(33)10-16(32)11-34-25/h5-6,9-11,21-22,24H,7-8,12-14H2,1-4H3,(H,35,36)/t21?,22?,24-/m0/s1. The number of aliphatic imine (C=N–C) groups is 1. The van der Waals surface area contributed by atoms with Crippen LogP contribution in [0.4, 0.5) is 18.0 Å². The fraction of sp³-hybridized carbons (Fsp3) is 0.448. The second-order valence-electron chi connectivity index (χ2n) is 11.4. The summed E-state index contributed by atoms with van der Waals surface area (Å²) in [6, 6.07) is 2.89. The van der Waals surface area contributed by atoms with Crippen LogP contribution in [0.1, 0.15) is 38.1 Å². The summed E-state index contributed by atoms with van der Waals surface area (Å²) in [5, 5.41) is 3.00. The van der Waals surface area contributed by atoms with Gasteiger partial charge in [0.05, 0.1) is 44.2 Å². The van der Waals surface area contributed by atoms with Gasteiger partial charge in [-0.05, 0) is 32.9 Å². The van der Waals surface area contributed by atoms with Crippen molar-refractivity contribution in [1.82, 2.24) is 20.1 Å². The summed E-state index contributed by atoms with van der Waals surface area (Å²) in [6.07, 6.45) is 0.0608. The van der Waals surface area contributed by atoms with Gasteiger partial charge in [0.1, 0.15) is 29.0 Å². The van der Waals surface area contributed by atoms with Crippen molar-refractivity contribution in [3.8, 4) is 0 Å². The minimum absolute atomic E-state index is 0.0153. The molecule has 10 nitrogen and oxygen atoms in total. The topological polar surface area (TPSA) is 106 Å². The number of ether oxygens (including phenoxy) is 3. The Morgan fingerprint density at radius 1 is 1.16 bits per heavy atom. The number of nitrogens with zero attached hydrogens (tertiary/aromatic N) is 4. The summed E-state index contributed by atoms with van der Waals surface area (Å²) < 4.78 is 59.2. The Morgan fingerprint density at radius 2 is 1.93 bits per heavy atom. The Labute approximate surface area is 251 Å². The summed E-state index contributed by atoms with van der Waals surface area (Å²) in [4.78, 5) is 38.1. The van der Waals surface area contributed by atoms with E-state index in [4.69, 9.17) is 25.8 Å². The molecule has 1 amide bonds. The van der Waals surface area contributed by atoms with Crippen LogP contribution in [0.25, 0.3) is 0 Å². The van der Waals surface area contributed by atoms with Gasteiger partial charge in [0.2, 0.25) is 0 Å². The Bertz CT molecular complexity index is 1500. The third-order valence-electron chi connectivity index (χ3n) is 7.25. The number of halogens is 4. The van der Waals surface area contributed by atoms with Gasteiger partial charge in [-0.25, -0.2) is 27.7 Å². The van der Waals surface area contributed by atoms with Crippen molar-refractivity contribution in [2.75, 3.05) is 39.9 Å². The molecule has 2 saturated heterocycles. The van der Waals surface area contributed by atoms with E-state index >= 15 is 0 Å². The van der Waals surface area contributed by atoms with Crippen LogP contribution in [0.15, 0.2) is 46.7 Å². The lowest BCUT2D eigenvalue weighted by Crippen LogP contribution is -2.53. The van der Waals surface area contributed by atoms with Crippen molar-refractivity contribution in [3.63, 3.8) is 0 Å². The van der Waals surface area contributed by atoms with Gasteiger partial charge >= 0.3 is 12.1 Å². The van der Waals surface area contributed by atoms with Crippen molar-refractivity contribution in [1.29, 1.82) is 0 Å². The molecule has 2 unspecified atom stereocenters. The predicted octanol–water partition coefficient (Wildman–Crippen LogP) is 3.99. The van der Waals surface area contributed by atoms with E-state index in [-0.39, 0.29) is 46.4 Å². The number of pyridine rings is 1. The van der Waals surface area contributed by atoms with Crippen LogP contribution < -0.4 is 5.32 Å². The van der Waals surface area contributed by atoms with Gasteiger partial charge in [0.15, 0.2) is 11.7 Å². The van der Waals surface area contributed by atoms with Crippen LogP contribution in [-0.4, -0.2) is 90.3 Å². The van der Waals surface area contributed by atoms with Crippen LogP contribution in [0.3, 0.4) is 0 Å². The molecule has 4 heterocycles. The minimum atomic E-state index is -1.14. The van der Waals surface area contributed by atoms with Gasteiger partial charge in [-0.15, -0.1) is 0 Å². The average molecular weight is 622 g/mol. The van der Waals surface area contributed by atoms with E-state index in [2.05, 4.69) is 15.3 Å². The van der Waals surface area contributed by atoms with Crippen molar-refractivity contribution < 1.29 is 37.0 Å². The van der Waals surface area contributed by atoms with E-state index in [1.807, 2.05) is 4.90 Å². The summed E-state index contributed by atoms with van der Waals surface area (Å²) in [5.74, 6) is -3.28. The Balaban J connectivity index is 1.54. The zero-order chi connectivity index (χ0) is 31.1. The summed E-state index contributed by atoms with van der Waals surface area (Å²) in [6.45, 7) is 6.89. The zero-order valence-corrected chi connectivity index (χ0v) is 24.8. The van der Waals surface area contributed by atoms with Crippen molar-refractivity contribution in [2.45, 2.75) is 44.6 Å². The number of rotatable bonds is 5. The number of aromatic nitrogens is 1. The molecule has 0 spiro atoms. The van der Waals surface area contributed by atoms with E-state index in [0.29, 0.717) is 38.0 Å². The smallest absolute Gasteiger partial charge is 0.410 e. The van der Waals surface area contributed by atoms with E-state index in [9.17, 15) is 22.8 Å². The highest BCUT2D eigenvalue weighted by Gasteiger charge is 2.44. The Kier molecular flexibility index (Phi) is 8.68. The lowest BCUT2D eigenvalue weighted by Gasteiger charge is -2.38. The third kappa shape index (κ3) is 6.63. The van der Waals surface area contributed by atoms with Gasteiger partial charge in [-0.2, -0.15) is 0 Å². The number of morpholine rings is 1. The number of carbonyl (C=O) groups excluding carboxylic acids is 2. The summed E-state index contributed by atoms with van der Waals surface area (Å²) >= 11 is 6.41. The normalized spacial score (nSPS) is 22.6. The first kappa shape index (κ1) is 30.8. The number of amides is 1. The molecule has 43 heavy (non-hydrogen) atoms. The lowest BCUT2D eigenvalue weighted by molar-refractivity contribution is -0.136. The Hall–Kier alpha value is -3.68. The molecule has 2 fully saturated rings. The van der Waals surface area contributed by atoms with Crippen molar-refractivity contribution in [2.24, 2.45) is 4.99 Å². The summed E-state index contributed by atoms with van der Waals surface area (Å²) in [5.41, 5.74) is -0.341. The first-order valence-corrected chi connectivity index (χ1v) is 14.0. The number of esters is 1. The van der Waals surface area contributed by atoms with Crippen LogP contribution in [0.5, 0.6) is 0 Å². The predicted molar refractivity (Wildman–Crippen MR) is 150 cm³/mol. The number of carbonyl (C=O) groups is 2. The number of likely N-dealkylation sites (tertiary alicyclic amines) is 1. The number of fused-ring (bicyclic) bond motifs is 1. The summed E-state index contributed by atoms with van der Waals surface area (Å²) in [7, 11) is 1.21. The highest BCUT2D eigenvalue weighted by molar-refractivity contribution is 6.31. The molecule has 0 bridgehead atoms. The van der Waals surface area contributed by atoms with Crippen LogP contribution in [-0.2, 0) is 19.0 Å².